The van der Waals surface area contributed by atoms with Gasteiger partial charge in [-0.15, -0.1) is 0 Å². The minimum Gasteiger partial charge on any atom is -0.417 e. The van der Waals surface area contributed by atoms with Crippen LogP contribution in [0.15, 0.2) is 24.3 Å². The molecule has 0 unspecified atom stereocenters. The predicted molar refractivity (Wildman–Crippen MR) is 46.5 cm³/mol. The Kier molecular flexibility index (Phi) is 2.79. The molecule has 0 saturated heterocycles. The van der Waals surface area contributed by atoms with Crippen molar-refractivity contribution in [2.45, 2.75) is 0 Å². The fraction of sp³-hybridized carbons (Fsp3) is 0. The summed E-state index contributed by atoms with van der Waals surface area (Å²) >= 11 is 9.09. The zero-order valence-electron chi connectivity index (χ0n) is 5.45. The minimum atomic E-state index is -0.668. The molecule has 0 N–H and O–H groups in total. The predicted octanol–water partition coefficient (Wildman–Crippen LogP) is 2.77. The second kappa shape index (κ2) is 3.64. The Bertz CT molecular complexity index is 275. The van der Waals surface area contributed by atoms with Crippen molar-refractivity contribution in [1.29, 1.82) is 0 Å². The standard InChI is InChI=1S/C7H5ClO2S/c8-5-3-1-2-4-6(5)10-7(9)11/h1-4H,(H,9,11). The third-order valence-electron chi connectivity index (χ3n) is 1.03. The monoisotopic (exact) mass is 188 g/mol. The van der Waals surface area contributed by atoms with E-state index in [0.29, 0.717) is 10.8 Å². The van der Waals surface area contributed by atoms with Crippen LogP contribution in [0.3, 0.4) is 0 Å². The molecule has 1 aromatic carbocycles. The minimum absolute atomic E-state index is 0.328. The first-order chi connectivity index (χ1) is 5.20. The molecule has 0 aliphatic rings. The molecular weight excluding hydrogens is 184 g/mol. The lowest BCUT2D eigenvalue weighted by Crippen LogP contribution is -1.96. The molecule has 0 spiro atoms. The molecule has 0 aliphatic heterocycles. The van der Waals surface area contributed by atoms with Crippen LogP contribution in [0.5, 0.6) is 5.75 Å². The molecular formula is C7H5ClO2S. The molecule has 1 aromatic rings. The summed E-state index contributed by atoms with van der Waals surface area (Å²) in [4.78, 5) is 10.3. The number of rotatable bonds is 1. The van der Waals surface area contributed by atoms with Gasteiger partial charge in [0, 0.05) is 0 Å². The van der Waals surface area contributed by atoms with Gasteiger partial charge in [-0.25, -0.2) is 4.79 Å². The Morgan fingerprint density at radius 1 is 1.45 bits per heavy atom. The number of para-hydroxylation sites is 1. The van der Waals surface area contributed by atoms with E-state index < -0.39 is 5.30 Å². The van der Waals surface area contributed by atoms with Gasteiger partial charge in [0.1, 0.15) is 5.75 Å². The number of benzene rings is 1. The second-order valence-corrected chi connectivity index (χ2v) is 2.57. The molecule has 0 saturated carbocycles. The van der Waals surface area contributed by atoms with Gasteiger partial charge in [0.15, 0.2) is 0 Å². The molecule has 0 amide bonds. The average molecular weight is 189 g/mol. The van der Waals surface area contributed by atoms with E-state index in [2.05, 4.69) is 17.4 Å². The zero-order valence-corrected chi connectivity index (χ0v) is 7.10. The van der Waals surface area contributed by atoms with Crippen molar-refractivity contribution in [3.8, 4) is 5.75 Å². The Balaban J connectivity index is 2.86. The summed E-state index contributed by atoms with van der Waals surface area (Å²) in [6, 6.07) is 6.69. The second-order valence-electron chi connectivity index (χ2n) is 1.80. The summed E-state index contributed by atoms with van der Waals surface area (Å²) in [6.07, 6.45) is 0. The number of hydrogen-bond acceptors (Lipinski definition) is 2. The smallest absolute Gasteiger partial charge is 0.369 e. The van der Waals surface area contributed by atoms with Gasteiger partial charge in [0.25, 0.3) is 0 Å². The summed E-state index contributed by atoms with van der Waals surface area (Å²) in [5.74, 6) is 0.328. The van der Waals surface area contributed by atoms with E-state index >= 15 is 0 Å². The number of halogens is 1. The first kappa shape index (κ1) is 8.43. The highest BCUT2D eigenvalue weighted by atomic mass is 35.5. The van der Waals surface area contributed by atoms with Gasteiger partial charge in [-0.1, -0.05) is 36.4 Å². The Morgan fingerprint density at radius 3 is 2.64 bits per heavy atom. The first-order valence-corrected chi connectivity index (χ1v) is 3.68. The van der Waals surface area contributed by atoms with Crippen LogP contribution >= 0.6 is 24.2 Å². The topological polar surface area (TPSA) is 26.3 Å². The van der Waals surface area contributed by atoms with Gasteiger partial charge in [-0.3, -0.25) is 0 Å². The molecule has 4 heteroatoms. The number of hydrogen-bond donors (Lipinski definition) is 1. The van der Waals surface area contributed by atoms with E-state index in [0.717, 1.165) is 0 Å². The van der Waals surface area contributed by atoms with Crippen molar-refractivity contribution in [3.63, 3.8) is 0 Å². The Labute approximate surface area is 74.5 Å². The SMILES string of the molecule is O=C(S)Oc1ccccc1Cl. The normalized spacial score (nSPS) is 9.27. The summed E-state index contributed by atoms with van der Waals surface area (Å²) in [6.45, 7) is 0. The number of thiol groups is 1. The fourth-order valence-corrected chi connectivity index (χ4v) is 0.894. The van der Waals surface area contributed by atoms with E-state index in [1.165, 1.54) is 0 Å². The van der Waals surface area contributed by atoms with E-state index in [-0.39, 0.29) is 0 Å². The lowest BCUT2D eigenvalue weighted by atomic mass is 10.3. The van der Waals surface area contributed by atoms with Crippen LogP contribution in [-0.4, -0.2) is 5.30 Å². The molecule has 0 aromatic heterocycles. The molecule has 0 aliphatic carbocycles. The largest absolute Gasteiger partial charge is 0.417 e. The lowest BCUT2D eigenvalue weighted by Gasteiger charge is -2.00. The summed E-state index contributed by atoms with van der Waals surface area (Å²) in [7, 11) is 0. The highest BCUT2D eigenvalue weighted by Crippen LogP contribution is 2.23. The quantitative estimate of drug-likeness (QED) is 0.542. The molecule has 2 nitrogen and oxygen atoms in total. The third-order valence-corrected chi connectivity index (χ3v) is 1.44. The van der Waals surface area contributed by atoms with Crippen molar-refractivity contribution in [3.05, 3.63) is 29.3 Å². The molecule has 0 heterocycles. The number of ether oxygens (including phenoxy) is 1. The maximum Gasteiger partial charge on any atom is 0.369 e. The molecule has 0 atom stereocenters. The van der Waals surface area contributed by atoms with Crippen LogP contribution < -0.4 is 4.74 Å². The van der Waals surface area contributed by atoms with Gasteiger partial charge >= 0.3 is 5.30 Å². The number of carbonyl (C=O) groups is 1. The van der Waals surface area contributed by atoms with Gasteiger partial charge in [0.05, 0.1) is 5.02 Å². The first-order valence-electron chi connectivity index (χ1n) is 2.85. The van der Waals surface area contributed by atoms with E-state index in [1.807, 2.05) is 0 Å². The van der Waals surface area contributed by atoms with Gasteiger partial charge in [0.2, 0.25) is 0 Å². The molecule has 1 rings (SSSR count). The van der Waals surface area contributed by atoms with E-state index in [9.17, 15) is 4.79 Å². The van der Waals surface area contributed by atoms with Crippen molar-refractivity contribution < 1.29 is 9.53 Å². The van der Waals surface area contributed by atoms with Gasteiger partial charge in [-0.05, 0) is 12.1 Å². The van der Waals surface area contributed by atoms with E-state index in [4.69, 9.17) is 11.6 Å². The number of carbonyl (C=O) groups excluding carboxylic acids is 1. The molecule has 0 fully saturated rings. The van der Waals surface area contributed by atoms with Crippen LogP contribution in [0, 0.1) is 0 Å². The van der Waals surface area contributed by atoms with E-state index in [1.54, 1.807) is 24.3 Å². The van der Waals surface area contributed by atoms with Crippen LogP contribution in [0.2, 0.25) is 5.02 Å². The fourth-order valence-electron chi connectivity index (χ4n) is 0.622. The summed E-state index contributed by atoms with van der Waals surface area (Å²) in [5, 5.41) is -0.270. The third kappa shape index (κ3) is 2.44. The van der Waals surface area contributed by atoms with Crippen molar-refractivity contribution in [2.24, 2.45) is 0 Å². The van der Waals surface area contributed by atoms with Crippen LogP contribution in [0.4, 0.5) is 4.79 Å². The van der Waals surface area contributed by atoms with Crippen molar-refractivity contribution >= 4 is 29.5 Å². The molecule has 58 valence electrons. The summed E-state index contributed by atoms with van der Waals surface area (Å²) in [5.41, 5.74) is 0. The van der Waals surface area contributed by atoms with Crippen LogP contribution in [-0.2, 0) is 0 Å². The maximum atomic E-state index is 10.3. The maximum absolute atomic E-state index is 10.3. The van der Waals surface area contributed by atoms with Gasteiger partial charge < -0.3 is 4.74 Å². The summed E-state index contributed by atoms with van der Waals surface area (Å²) < 4.78 is 4.64. The van der Waals surface area contributed by atoms with Crippen molar-refractivity contribution in [1.82, 2.24) is 0 Å². The van der Waals surface area contributed by atoms with Gasteiger partial charge in [-0.2, -0.15) is 0 Å². The van der Waals surface area contributed by atoms with Crippen LogP contribution in [0.25, 0.3) is 0 Å². The van der Waals surface area contributed by atoms with Crippen LogP contribution in [0.1, 0.15) is 0 Å². The highest BCUT2D eigenvalue weighted by molar-refractivity contribution is 7.96. The molecule has 0 radical (unpaired) electrons. The molecule has 0 bridgehead atoms. The zero-order chi connectivity index (χ0) is 8.27. The molecule has 11 heavy (non-hydrogen) atoms. The highest BCUT2D eigenvalue weighted by Gasteiger charge is 2.01. The lowest BCUT2D eigenvalue weighted by molar-refractivity contribution is 0.227. The average Bonchev–Trinajstić information content (AvgIpc) is 1.93. The Morgan fingerprint density at radius 2 is 2.09 bits per heavy atom. The van der Waals surface area contributed by atoms with Crippen molar-refractivity contribution in [2.75, 3.05) is 0 Å². The Hall–Kier alpha value is -0.670.